The lowest BCUT2D eigenvalue weighted by molar-refractivity contribution is 0.131. The third-order valence-electron chi connectivity index (χ3n) is 3.18. The summed E-state index contributed by atoms with van der Waals surface area (Å²) in [5.41, 5.74) is 1.87. The van der Waals surface area contributed by atoms with E-state index in [2.05, 4.69) is 30.5 Å². The largest absolute Gasteiger partial charge is 0.316 e. The van der Waals surface area contributed by atoms with Crippen LogP contribution in [0.15, 0.2) is 12.4 Å². The normalized spacial score (nSPS) is 19.2. The maximum atomic E-state index is 4.23. The molecule has 0 spiro atoms. The second-order valence-electron chi connectivity index (χ2n) is 5.40. The van der Waals surface area contributed by atoms with Gasteiger partial charge in [0.1, 0.15) is 0 Å². The topological polar surface area (TPSA) is 29.9 Å². The minimum Gasteiger partial charge on any atom is -0.316 e. The van der Waals surface area contributed by atoms with Gasteiger partial charge in [-0.3, -0.25) is 4.68 Å². The summed E-state index contributed by atoms with van der Waals surface area (Å²) < 4.78 is 1.89. The Morgan fingerprint density at radius 2 is 2.27 bits per heavy atom. The first-order valence-electron chi connectivity index (χ1n) is 5.78. The smallest absolute Gasteiger partial charge is 0.0521 e. The highest BCUT2D eigenvalue weighted by atomic mass is 15.2. The molecule has 0 unspecified atom stereocenters. The van der Waals surface area contributed by atoms with Gasteiger partial charge in [0.25, 0.3) is 0 Å². The lowest BCUT2D eigenvalue weighted by atomic mass is 9.71. The molecule has 84 valence electrons. The van der Waals surface area contributed by atoms with E-state index in [1.807, 2.05) is 17.9 Å². The fraction of sp³-hybridized carbons (Fsp3) is 0.750. The predicted molar refractivity (Wildman–Crippen MR) is 61.7 cm³/mol. The average molecular weight is 207 g/mol. The van der Waals surface area contributed by atoms with Crippen molar-refractivity contribution >= 4 is 0 Å². The Morgan fingerprint density at radius 1 is 1.53 bits per heavy atom. The van der Waals surface area contributed by atoms with Crippen LogP contribution >= 0.6 is 0 Å². The molecule has 1 aliphatic heterocycles. The van der Waals surface area contributed by atoms with Gasteiger partial charge in [-0.15, -0.1) is 0 Å². The maximum Gasteiger partial charge on any atom is 0.0521 e. The van der Waals surface area contributed by atoms with Gasteiger partial charge in [-0.25, -0.2) is 0 Å². The van der Waals surface area contributed by atoms with Gasteiger partial charge in [-0.2, -0.15) is 5.10 Å². The fourth-order valence-electron chi connectivity index (χ4n) is 2.68. The highest BCUT2D eigenvalue weighted by molar-refractivity contribution is 5.10. The van der Waals surface area contributed by atoms with Crippen LogP contribution in [0.4, 0.5) is 0 Å². The standard InChI is InChI=1S/C12H21N3/c1-10(2)4-12(8-13-9-12)5-11-6-14-15(3)7-11/h6-7,10,13H,4-5,8-9H2,1-3H3. The van der Waals surface area contributed by atoms with Crippen molar-refractivity contribution in [1.82, 2.24) is 15.1 Å². The van der Waals surface area contributed by atoms with Crippen LogP contribution in [0.1, 0.15) is 25.8 Å². The summed E-state index contributed by atoms with van der Waals surface area (Å²) in [6.07, 6.45) is 6.63. The zero-order valence-corrected chi connectivity index (χ0v) is 9.95. The van der Waals surface area contributed by atoms with Crippen LogP contribution in [-0.2, 0) is 13.5 Å². The summed E-state index contributed by atoms with van der Waals surface area (Å²) >= 11 is 0. The van der Waals surface area contributed by atoms with Gasteiger partial charge in [-0.1, -0.05) is 13.8 Å². The van der Waals surface area contributed by atoms with E-state index >= 15 is 0 Å². The SMILES string of the molecule is CC(C)CC1(Cc2cnn(C)c2)CNC1. The molecule has 1 fully saturated rings. The lowest BCUT2D eigenvalue weighted by Crippen LogP contribution is -2.55. The second kappa shape index (κ2) is 3.97. The van der Waals surface area contributed by atoms with E-state index in [1.54, 1.807) is 0 Å². The molecule has 1 aliphatic rings. The van der Waals surface area contributed by atoms with Crippen LogP contribution < -0.4 is 5.32 Å². The van der Waals surface area contributed by atoms with Gasteiger partial charge in [0.2, 0.25) is 0 Å². The molecule has 1 aromatic rings. The molecule has 0 bridgehead atoms. The van der Waals surface area contributed by atoms with E-state index in [9.17, 15) is 0 Å². The van der Waals surface area contributed by atoms with Crippen LogP contribution in [0.3, 0.4) is 0 Å². The van der Waals surface area contributed by atoms with Crippen molar-refractivity contribution in [2.45, 2.75) is 26.7 Å². The predicted octanol–water partition coefficient (Wildman–Crippen LogP) is 1.60. The number of nitrogens with zero attached hydrogens (tertiary/aromatic N) is 2. The van der Waals surface area contributed by atoms with Gasteiger partial charge in [-0.05, 0) is 29.7 Å². The molecule has 0 radical (unpaired) electrons. The molecule has 1 N–H and O–H groups in total. The van der Waals surface area contributed by atoms with Crippen molar-refractivity contribution in [3.63, 3.8) is 0 Å². The van der Waals surface area contributed by atoms with Crippen LogP contribution in [-0.4, -0.2) is 22.9 Å². The zero-order valence-electron chi connectivity index (χ0n) is 9.95. The number of aromatic nitrogens is 2. The Hall–Kier alpha value is -0.830. The van der Waals surface area contributed by atoms with Gasteiger partial charge in [0.05, 0.1) is 6.20 Å². The van der Waals surface area contributed by atoms with Crippen LogP contribution in [0, 0.1) is 11.3 Å². The Kier molecular flexibility index (Phi) is 2.83. The number of hydrogen-bond donors (Lipinski definition) is 1. The molecule has 2 heterocycles. The van der Waals surface area contributed by atoms with Crippen LogP contribution in [0.25, 0.3) is 0 Å². The van der Waals surface area contributed by atoms with E-state index in [1.165, 1.54) is 31.5 Å². The molecular weight excluding hydrogens is 186 g/mol. The molecule has 1 saturated heterocycles. The first kappa shape index (κ1) is 10.7. The van der Waals surface area contributed by atoms with Crippen molar-refractivity contribution in [2.75, 3.05) is 13.1 Å². The van der Waals surface area contributed by atoms with E-state index in [-0.39, 0.29) is 0 Å². The fourth-order valence-corrected chi connectivity index (χ4v) is 2.68. The van der Waals surface area contributed by atoms with Crippen molar-refractivity contribution in [1.29, 1.82) is 0 Å². The average Bonchev–Trinajstić information content (AvgIpc) is 2.46. The van der Waals surface area contributed by atoms with E-state index in [0.717, 1.165) is 5.92 Å². The molecule has 1 aromatic heterocycles. The minimum atomic E-state index is 0.497. The third-order valence-corrected chi connectivity index (χ3v) is 3.18. The van der Waals surface area contributed by atoms with Gasteiger partial charge in [0, 0.05) is 26.3 Å². The van der Waals surface area contributed by atoms with Crippen LogP contribution in [0.2, 0.25) is 0 Å². The molecule has 3 nitrogen and oxygen atoms in total. The molecule has 3 heteroatoms. The summed E-state index contributed by atoms with van der Waals surface area (Å²) in [5.74, 6) is 0.781. The molecular formula is C12H21N3. The maximum absolute atomic E-state index is 4.23. The minimum absolute atomic E-state index is 0.497. The number of aryl methyl sites for hydroxylation is 1. The van der Waals surface area contributed by atoms with Gasteiger partial charge < -0.3 is 5.32 Å². The van der Waals surface area contributed by atoms with Gasteiger partial charge in [0.15, 0.2) is 0 Å². The summed E-state index contributed by atoms with van der Waals surface area (Å²) in [5, 5.41) is 7.64. The highest BCUT2D eigenvalue weighted by Crippen LogP contribution is 2.34. The van der Waals surface area contributed by atoms with E-state index < -0.39 is 0 Å². The van der Waals surface area contributed by atoms with Crippen molar-refractivity contribution in [2.24, 2.45) is 18.4 Å². The van der Waals surface area contributed by atoms with Crippen molar-refractivity contribution < 1.29 is 0 Å². The Bertz CT molecular complexity index is 323. The number of rotatable bonds is 4. The second-order valence-corrected chi connectivity index (χ2v) is 5.40. The molecule has 0 aromatic carbocycles. The lowest BCUT2D eigenvalue weighted by Gasteiger charge is -2.44. The Balaban J connectivity index is 2.01. The molecule has 0 aliphatic carbocycles. The summed E-state index contributed by atoms with van der Waals surface area (Å²) in [6.45, 7) is 6.95. The quantitative estimate of drug-likeness (QED) is 0.812. The van der Waals surface area contributed by atoms with Gasteiger partial charge >= 0.3 is 0 Å². The van der Waals surface area contributed by atoms with E-state index in [4.69, 9.17) is 0 Å². The van der Waals surface area contributed by atoms with Crippen molar-refractivity contribution in [3.8, 4) is 0 Å². The molecule has 0 saturated carbocycles. The Labute approximate surface area is 91.9 Å². The first-order chi connectivity index (χ1) is 7.10. The van der Waals surface area contributed by atoms with E-state index in [0.29, 0.717) is 5.41 Å². The zero-order chi connectivity index (χ0) is 10.9. The highest BCUT2D eigenvalue weighted by Gasteiger charge is 2.37. The monoisotopic (exact) mass is 207 g/mol. The Morgan fingerprint density at radius 3 is 2.67 bits per heavy atom. The first-order valence-corrected chi connectivity index (χ1v) is 5.78. The molecule has 0 amide bonds. The van der Waals surface area contributed by atoms with Crippen molar-refractivity contribution in [3.05, 3.63) is 18.0 Å². The van der Waals surface area contributed by atoms with Crippen LogP contribution in [0.5, 0.6) is 0 Å². The summed E-state index contributed by atoms with van der Waals surface area (Å²) in [7, 11) is 1.98. The number of hydrogen-bond acceptors (Lipinski definition) is 2. The molecule has 0 atom stereocenters. The molecule has 2 rings (SSSR count). The number of nitrogens with one attached hydrogen (secondary N) is 1. The summed E-state index contributed by atoms with van der Waals surface area (Å²) in [6, 6.07) is 0. The summed E-state index contributed by atoms with van der Waals surface area (Å²) in [4.78, 5) is 0. The molecule has 15 heavy (non-hydrogen) atoms. The third kappa shape index (κ3) is 2.40.